The number of aryl methyl sites for hydroxylation is 1. The molecule has 5 nitrogen and oxygen atoms in total. The Morgan fingerprint density at radius 2 is 2.00 bits per heavy atom. The molecule has 0 aromatic heterocycles. The van der Waals surface area contributed by atoms with Crippen LogP contribution in [0.2, 0.25) is 0 Å². The first-order chi connectivity index (χ1) is 15.4. The second-order valence-electron chi connectivity index (χ2n) is 10.1. The minimum absolute atomic E-state index is 0.187. The summed E-state index contributed by atoms with van der Waals surface area (Å²) in [6.07, 6.45) is 7.21. The molecule has 0 radical (unpaired) electrons. The van der Waals surface area contributed by atoms with Crippen LogP contribution in [0.4, 0.5) is 0 Å². The van der Waals surface area contributed by atoms with Gasteiger partial charge in [-0.2, -0.15) is 0 Å². The molecule has 0 heterocycles. The van der Waals surface area contributed by atoms with Crippen molar-refractivity contribution in [2.75, 3.05) is 20.3 Å². The molecule has 0 bridgehead atoms. The molecule has 4 rings (SSSR count). The molecule has 0 aliphatic heterocycles. The summed E-state index contributed by atoms with van der Waals surface area (Å²) in [6.45, 7) is 7.21. The molecule has 0 spiro atoms. The number of fused-ring (bicyclic) bond motifs is 5. The number of methoxy groups -OCH3 is 1. The number of esters is 1. The third kappa shape index (κ3) is 4.04. The van der Waals surface area contributed by atoms with Gasteiger partial charge in [0.05, 0.1) is 26.7 Å². The van der Waals surface area contributed by atoms with Crippen molar-refractivity contribution in [3.63, 3.8) is 0 Å². The average Bonchev–Trinajstić information content (AvgIpc) is 3.03. The van der Waals surface area contributed by atoms with Gasteiger partial charge in [-0.05, 0) is 86.5 Å². The van der Waals surface area contributed by atoms with Crippen LogP contribution in [0.1, 0.15) is 82.8 Å². The minimum atomic E-state index is -0.302. The second-order valence-corrected chi connectivity index (χ2v) is 10.1. The maximum Gasteiger partial charge on any atom is 0.306 e. The fourth-order valence-corrected chi connectivity index (χ4v) is 6.71. The molecule has 3 aliphatic carbocycles. The van der Waals surface area contributed by atoms with Crippen molar-refractivity contribution in [2.45, 2.75) is 78.1 Å². The normalized spacial score (nSPS) is 30.8. The minimum Gasteiger partial charge on any atom is -0.493 e. The van der Waals surface area contributed by atoms with E-state index in [0.717, 1.165) is 56.4 Å². The van der Waals surface area contributed by atoms with E-state index < -0.39 is 0 Å². The smallest absolute Gasteiger partial charge is 0.306 e. The Kier molecular flexibility index (Phi) is 6.83. The van der Waals surface area contributed by atoms with Crippen LogP contribution in [-0.2, 0) is 20.7 Å². The lowest BCUT2D eigenvalue weighted by Gasteiger charge is -2.48. The Morgan fingerprint density at radius 1 is 1.19 bits per heavy atom. The van der Waals surface area contributed by atoms with Crippen LogP contribution < -0.4 is 9.47 Å². The van der Waals surface area contributed by atoms with E-state index in [2.05, 4.69) is 26.0 Å². The zero-order valence-corrected chi connectivity index (χ0v) is 20.1. The molecule has 0 saturated heterocycles. The summed E-state index contributed by atoms with van der Waals surface area (Å²) in [6, 6.07) is 4.39. The molecule has 5 atom stereocenters. The Morgan fingerprint density at radius 3 is 2.72 bits per heavy atom. The van der Waals surface area contributed by atoms with Crippen molar-refractivity contribution < 1.29 is 23.8 Å². The quantitative estimate of drug-likeness (QED) is 0.394. The van der Waals surface area contributed by atoms with E-state index in [1.807, 2.05) is 6.92 Å². The molecule has 0 amide bonds. The first-order valence-electron chi connectivity index (χ1n) is 12.5. The van der Waals surface area contributed by atoms with Gasteiger partial charge in [0.2, 0.25) is 0 Å². The molecule has 5 heteroatoms. The summed E-state index contributed by atoms with van der Waals surface area (Å²) in [5.41, 5.74) is 2.45. The molecule has 3 aliphatic rings. The van der Waals surface area contributed by atoms with Crippen molar-refractivity contribution in [3.8, 4) is 11.5 Å². The fourth-order valence-electron chi connectivity index (χ4n) is 6.71. The molecule has 32 heavy (non-hydrogen) atoms. The van der Waals surface area contributed by atoms with Crippen LogP contribution in [0.25, 0.3) is 0 Å². The number of benzene rings is 1. The topological polar surface area (TPSA) is 61.8 Å². The van der Waals surface area contributed by atoms with Gasteiger partial charge >= 0.3 is 5.97 Å². The summed E-state index contributed by atoms with van der Waals surface area (Å²) in [5.74, 6) is 2.80. The lowest BCUT2D eigenvalue weighted by molar-refractivity contribution is -0.146. The van der Waals surface area contributed by atoms with Crippen LogP contribution in [0.5, 0.6) is 11.5 Å². The highest BCUT2D eigenvalue weighted by Crippen LogP contribution is 2.61. The Bertz CT molecular complexity index is 862. The van der Waals surface area contributed by atoms with E-state index in [1.165, 1.54) is 11.1 Å². The first-order valence-corrected chi connectivity index (χ1v) is 12.5. The van der Waals surface area contributed by atoms with Gasteiger partial charge in [-0.15, -0.1) is 0 Å². The third-order valence-corrected chi connectivity index (χ3v) is 8.34. The van der Waals surface area contributed by atoms with Crippen LogP contribution in [0.3, 0.4) is 0 Å². The molecule has 1 aromatic carbocycles. The van der Waals surface area contributed by atoms with Gasteiger partial charge in [0.15, 0.2) is 11.5 Å². The van der Waals surface area contributed by atoms with E-state index in [4.69, 9.17) is 14.2 Å². The SMILES string of the molecule is CCCCOc1cc2c(cc1OC)C1CC[C@]3(C)C(=O)C(CC(=O)OCC)CC3C1CC2. The molecule has 1 aromatic rings. The molecular weight excluding hydrogens is 404 g/mol. The largest absolute Gasteiger partial charge is 0.493 e. The van der Waals surface area contributed by atoms with E-state index in [-0.39, 0.29) is 29.5 Å². The molecule has 2 saturated carbocycles. The van der Waals surface area contributed by atoms with E-state index in [9.17, 15) is 9.59 Å². The van der Waals surface area contributed by atoms with Crippen molar-refractivity contribution in [1.29, 1.82) is 0 Å². The number of carbonyl (C=O) groups excluding carboxylic acids is 2. The summed E-state index contributed by atoms with van der Waals surface area (Å²) >= 11 is 0. The zero-order chi connectivity index (χ0) is 22.9. The number of hydrogen-bond donors (Lipinski definition) is 0. The van der Waals surface area contributed by atoms with Gasteiger partial charge in [-0.25, -0.2) is 0 Å². The monoisotopic (exact) mass is 442 g/mol. The molecule has 2 fully saturated rings. The van der Waals surface area contributed by atoms with Gasteiger partial charge in [0, 0.05) is 11.3 Å². The van der Waals surface area contributed by atoms with Crippen LogP contribution >= 0.6 is 0 Å². The van der Waals surface area contributed by atoms with Gasteiger partial charge in [-0.3, -0.25) is 9.59 Å². The van der Waals surface area contributed by atoms with Crippen molar-refractivity contribution in [3.05, 3.63) is 23.3 Å². The summed E-state index contributed by atoms with van der Waals surface area (Å²) in [4.78, 5) is 25.4. The summed E-state index contributed by atoms with van der Waals surface area (Å²) in [5, 5.41) is 0. The Labute approximate surface area is 192 Å². The maximum atomic E-state index is 13.3. The standard InChI is InChI=1S/C27H38O5/c1-5-7-12-32-24-14-17-8-9-20-19(21(17)16-23(24)30-4)10-11-27(3)22(20)13-18(26(27)29)15-25(28)31-6-2/h14,16,18-20,22H,5-13,15H2,1-4H3/t18?,19?,20?,22?,27-/m0/s1. The number of carbonyl (C=O) groups is 2. The van der Waals surface area contributed by atoms with Gasteiger partial charge in [0.1, 0.15) is 5.78 Å². The maximum absolute atomic E-state index is 13.3. The highest BCUT2D eigenvalue weighted by molar-refractivity contribution is 5.92. The zero-order valence-electron chi connectivity index (χ0n) is 20.1. The van der Waals surface area contributed by atoms with E-state index in [1.54, 1.807) is 7.11 Å². The van der Waals surface area contributed by atoms with Crippen molar-refractivity contribution in [2.24, 2.45) is 23.2 Å². The lowest BCUT2D eigenvalue weighted by atomic mass is 9.55. The highest BCUT2D eigenvalue weighted by atomic mass is 16.5. The second kappa shape index (κ2) is 9.44. The fraction of sp³-hybridized carbons (Fsp3) is 0.704. The van der Waals surface area contributed by atoms with E-state index >= 15 is 0 Å². The molecule has 0 N–H and O–H groups in total. The van der Waals surface area contributed by atoms with Crippen molar-refractivity contribution in [1.82, 2.24) is 0 Å². The summed E-state index contributed by atoms with van der Waals surface area (Å²) in [7, 11) is 1.71. The highest BCUT2D eigenvalue weighted by Gasteiger charge is 2.58. The van der Waals surface area contributed by atoms with Gasteiger partial charge in [-0.1, -0.05) is 20.3 Å². The number of Topliss-reactive ketones (excluding diaryl/α,β-unsaturated/α-hetero) is 1. The van der Waals surface area contributed by atoms with Gasteiger partial charge in [0.25, 0.3) is 0 Å². The molecular formula is C27H38O5. The van der Waals surface area contributed by atoms with Crippen molar-refractivity contribution >= 4 is 11.8 Å². The molecule has 4 unspecified atom stereocenters. The number of ketones is 1. The average molecular weight is 443 g/mol. The Hall–Kier alpha value is -2.04. The first kappa shape index (κ1) is 23.1. The van der Waals surface area contributed by atoms with Gasteiger partial charge < -0.3 is 14.2 Å². The number of ether oxygens (including phenoxy) is 3. The van der Waals surface area contributed by atoms with Crippen LogP contribution in [0, 0.1) is 23.2 Å². The lowest BCUT2D eigenvalue weighted by Crippen LogP contribution is -2.42. The van der Waals surface area contributed by atoms with E-state index in [0.29, 0.717) is 31.0 Å². The summed E-state index contributed by atoms with van der Waals surface area (Å²) < 4.78 is 16.9. The number of unbranched alkanes of at least 4 members (excludes halogenated alkanes) is 1. The third-order valence-electron chi connectivity index (χ3n) is 8.34. The Balaban J connectivity index is 1.57. The van der Waals surface area contributed by atoms with Crippen LogP contribution in [0.15, 0.2) is 12.1 Å². The molecule has 176 valence electrons. The predicted octanol–water partition coefficient (Wildman–Crippen LogP) is 5.48. The van der Waals surface area contributed by atoms with Crippen LogP contribution in [-0.4, -0.2) is 32.1 Å². The number of rotatable bonds is 8. The number of hydrogen-bond acceptors (Lipinski definition) is 5. The predicted molar refractivity (Wildman–Crippen MR) is 123 cm³/mol.